The number of carbonyl (C=O) groups excluding carboxylic acids is 1. The van der Waals surface area contributed by atoms with Gasteiger partial charge in [-0.15, -0.1) is 0 Å². The third-order valence-electron chi connectivity index (χ3n) is 4.69. The van der Waals surface area contributed by atoms with Gasteiger partial charge in [-0.3, -0.25) is 5.32 Å². The summed E-state index contributed by atoms with van der Waals surface area (Å²) in [7, 11) is 0. The Morgan fingerprint density at radius 2 is 1.96 bits per heavy atom. The molecule has 2 N–H and O–H groups in total. The summed E-state index contributed by atoms with van der Waals surface area (Å²) < 4.78 is 48.8. The normalized spacial score (nSPS) is 29.6. The molecule has 1 aromatic rings. The van der Waals surface area contributed by atoms with E-state index < -0.39 is 24.0 Å². The maximum absolute atomic E-state index is 12.8. The van der Waals surface area contributed by atoms with E-state index in [9.17, 15) is 18.0 Å². The van der Waals surface area contributed by atoms with Gasteiger partial charge in [-0.05, 0) is 31.2 Å². The van der Waals surface area contributed by atoms with Crippen LogP contribution in [0, 0.1) is 0 Å². The summed E-state index contributed by atoms with van der Waals surface area (Å²) in [5, 5.41) is 5.35. The largest absolute Gasteiger partial charge is 0.445 e. The van der Waals surface area contributed by atoms with Gasteiger partial charge in [0.2, 0.25) is 0 Å². The Balaban J connectivity index is 1.41. The van der Waals surface area contributed by atoms with Crippen LogP contribution in [0.5, 0.6) is 0 Å². The molecule has 8 heteroatoms. The van der Waals surface area contributed by atoms with Crippen LogP contribution >= 0.6 is 0 Å². The lowest BCUT2D eigenvalue weighted by molar-refractivity contribution is -0.152. The fourth-order valence-corrected chi connectivity index (χ4v) is 3.27. The topological polar surface area (TPSA) is 59.6 Å². The van der Waals surface area contributed by atoms with Gasteiger partial charge in [0, 0.05) is 6.04 Å². The van der Waals surface area contributed by atoms with Crippen molar-refractivity contribution in [3.05, 3.63) is 35.9 Å². The molecule has 1 saturated carbocycles. The highest BCUT2D eigenvalue weighted by Gasteiger charge is 2.51. The minimum absolute atomic E-state index is 0.121. The van der Waals surface area contributed by atoms with Crippen LogP contribution < -0.4 is 10.6 Å². The zero-order valence-electron chi connectivity index (χ0n) is 13.6. The highest BCUT2D eigenvalue weighted by atomic mass is 19.4. The fourth-order valence-electron chi connectivity index (χ4n) is 3.27. The minimum Gasteiger partial charge on any atom is -0.445 e. The lowest BCUT2D eigenvalue weighted by Gasteiger charge is -2.37. The average molecular weight is 358 g/mol. The van der Waals surface area contributed by atoms with Gasteiger partial charge in [0.25, 0.3) is 0 Å². The summed E-state index contributed by atoms with van der Waals surface area (Å²) in [6, 6.07) is 7.58. The number of alkyl carbamates (subject to hydrolysis) is 1. The third kappa shape index (κ3) is 4.64. The molecular weight excluding hydrogens is 337 g/mol. The first-order valence-corrected chi connectivity index (χ1v) is 8.32. The molecule has 1 aliphatic carbocycles. The van der Waals surface area contributed by atoms with Crippen molar-refractivity contribution >= 4 is 6.09 Å². The van der Waals surface area contributed by atoms with E-state index in [4.69, 9.17) is 9.47 Å². The minimum atomic E-state index is -4.31. The molecule has 1 atom stereocenters. The van der Waals surface area contributed by atoms with E-state index in [0.29, 0.717) is 25.7 Å². The van der Waals surface area contributed by atoms with E-state index in [0.717, 1.165) is 5.56 Å². The van der Waals surface area contributed by atoms with Crippen LogP contribution in [-0.4, -0.2) is 36.7 Å². The Kier molecular flexibility index (Phi) is 5.19. The van der Waals surface area contributed by atoms with Crippen molar-refractivity contribution in [2.24, 2.45) is 0 Å². The molecule has 0 unspecified atom stereocenters. The molecule has 1 spiro atoms. The Morgan fingerprint density at radius 3 is 2.56 bits per heavy atom. The highest BCUT2D eigenvalue weighted by Crippen LogP contribution is 2.37. The van der Waals surface area contributed by atoms with E-state index >= 15 is 0 Å². The zero-order valence-corrected chi connectivity index (χ0v) is 13.6. The predicted molar refractivity (Wildman–Crippen MR) is 83.7 cm³/mol. The van der Waals surface area contributed by atoms with Gasteiger partial charge in [0.1, 0.15) is 18.4 Å². The van der Waals surface area contributed by atoms with Gasteiger partial charge in [-0.2, -0.15) is 13.2 Å². The maximum Gasteiger partial charge on any atom is 0.407 e. The number of nitrogens with one attached hydrogen (secondary N) is 2. The van der Waals surface area contributed by atoms with Crippen LogP contribution in [0.25, 0.3) is 0 Å². The summed E-state index contributed by atoms with van der Waals surface area (Å²) >= 11 is 0. The monoisotopic (exact) mass is 358 g/mol. The van der Waals surface area contributed by atoms with Crippen molar-refractivity contribution in [1.82, 2.24) is 10.6 Å². The number of amides is 1. The molecule has 1 heterocycles. The van der Waals surface area contributed by atoms with Crippen LogP contribution in [0.4, 0.5) is 18.0 Å². The number of rotatable bonds is 3. The Morgan fingerprint density at radius 1 is 1.28 bits per heavy atom. The van der Waals surface area contributed by atoms with Gasteiger partial charge in [0.05, 0.1) is 6.61 Å². The number of ether oxygens (including phenoxy) is 2. The first-order chi connectivity index (χ1) is 11.9. The SMILES string of the molecule is O=C(NC1CCC2(CC1)N[C@H](C(F)(F)F)CO2)OCc1ccccc1. The van der Waals surface area contributed by atoms with Gasteiger partial charge in [-0.25, -0.2) is 4.79 Å². The standard InChI is InChI=1S/C17H21F3N2O3/c18-17(19,20)14-11-25-16(22-14)8-6-13(7-9-16)21-15(23)24-10-12-4-2-1-3-5-12/h1-5,13-14,22H,6-11H2,(H,21,23)/t13?,14-,16?/m0/s1. The lowest BCUT2D eigenvalue weighted by Crippen LogP contribution is -2.53. The molecular formula is C17H21F3N2O3. The molecule has 0 radical (unpaired) electrons. The van der Waals surface area contributed by atoms with Gasteiger partial charge < -0.3 is 14.8 Å². The second kappa shape index (κ2) is 7.21. The summed E-state index contributed by atoms with van der Waals surface area (Å²) in [6.07, 6.45) is -2.90. The third-order valence-corrected chi connectivity index (χ3v) is 4.69. The number of carbonyl (C=O) groups is 1. The molecule has 0 aromatic heterocycles. The molecule has 1 amide bonds. The zero-order chi connectivity index (χ0) is 17.9. The smallest absolute Gasteiger partial charge is 0.407 e. The number of hydrogen-bond donors (Lipinski definition) is 2. The van der Waals surface area contributed by atoms with E-state index in [1.54, 1.807) is 0 Å². The summed E-state index contributed by atoms with van der Waals surface area (Å²) in [5.74, 6) is 0. The molecule has 138 valence electrons. The maximum atomic E-state index is 12.8. The highest BCUT2D eigenvalue weighted by molar-refractivity contribution is 5.67. The molecule has 5 nitrogen and oxygen atoms in total. The molecule has 3 rings (SSSR count). The predicted octanol–water partition coefficient (Wildman–Crippen LogP) is 3.10. The van der Waals surface area contributed by atoms with E-state index in [2.05, 4.69) is 10.6 Å². The van der Waals surface area contributed by atoms with Crippen LogP contribution in [-0.2, 0) is 16.1 Å². The lowest BCUT2D eigenvalue weighted by atomic mass is 9.88. The van der Waals surface area contributed by atoms with E-state index in [1.807, 2.05) is 30.3 Å². The van der Waals surface area contributed by atoms with Crippen LogP contribution in [0.1, 0.15) is 31.2 Å². The number of benzene rings is 1. The van der Waals surface area contributed by atoms with Crippen molar-refractivity contribution < 1.29 is 27.4 Å². The molecule has 2 fully saturated rings. The number of halogens is 3. The molecule has 25 heavy (non-hydrogen) atoms. The first kappa shape index (κ1) is 18.0. The van der Waals surface area contributed by atoms with Crippen molar-refractivity contribution in [2.75, 3.05) is 6.61 Å². The van der Waals surface area contributed by atoms with Crippen LogP contribution in [0.15, 0.2) is 30.3 Å². The van der Waals surface area contributed by atoms with Gasteiger partial charge in [-0.1, -0.05) is 30.3 Å². The van der Waals surface area contributed by atoms with E-state index in [1.165, 1.54) is 0 Å². The Labute approximate surface area is 143 Å². The summed E-state index contributed by atoms with van der Waals surface area (Å²) in [6.45, 7) is -0.179. The Bertz CT molecular complexity index is 587. The summed E-state index contributed by atoms with van der Waals surface area (Å²) in [5.41, 5.74) is -0.0336. The van der Waals surface area contributed by atoms with Crippen LogP contribution in [0.2, 0.25) is 0 Å². The molecule has 1 saturated heterocycles. The van der Waals surface area contributed by atoms with E-state index in [-0.39, 0.29) is 19.3 Å². The average Bonchev–Trinajstić information content (AvgIpc) is 3.01. The second-order valence-electron chi connectivity index (χ2n) is 6.52. The van der Waals surface area contributed by atoms with Crippen molar-refractivity contribution in [3.63, 3.8) is 0 Å². The number of hydrogen-bond acceptors (Lipinski definition) is 4. The molecule has 1 aromatic carbocycles. The summed E-state index contributed by atoms with van der Waals surface area (Å²) in [4.78, 5) is 11.9. The van der Waals surface area contributed by atoms with Crippen molar-refractivity contribution in [2.45, 2.75) is 56.3 Å². The van der Waals surface area contributed by atoms with Crippen LogP contribution in [0.3, 0.4) is 0 Å². The molecule has 2 aliphatic rings. The second-order valence-corrected chi connectivity index (χ2v) is 6.52. The van der Waals surface area contributed by atoms with Crippen molar-refractivity contribution in [1.29, 1.82) is 0 Å². The van der Waals surface area contributed by atoms with Crippen molar-refractivity contribution in [3.8, 4) is 0 Å². The fraction of sp³-hybridized carbons (Fsp3) is 0.588. The number of alkyl halides is 3. The van der Waals surface area contributed by atoms with Gasteiger partial charge in [0.15, 0.2) is 0 Å². The quantitative estimate of drug-likeness (QED) is 0.872. The molecule has 1 aliphatic heterocycles. The van der Waals surface area contributed by atoms with Gasteiger partial charge >= 0.3 is 12.3 Å². The molecule has 0 bridgehead atoms. The Hall–Kier alpha value is -1.80. The first-order valence-electron chi connectivity index (χ1n) is 8.32.